The van der Waals surface area contributed by atoms with Gasteiger partial charge in [0.25, 0.3) is 0 Å². The van der Waals surface area contributed by atoms with Crippen molar-refractivity contribution < 1.29 is 58.9 Å². The van der Waals surface area contributed by atoms with E-state index in [0.29, 0.717) is 8.19 Å². The predicted molar refractivity (Wildman–Crippen MR) is 75.7 cm³/mol. The van der Waals surface area contributed by atoms with Crippen LogP contribution in [0.3, 0.4) is 0 Å². The number of halogens is 3. The Hall–Kier alpha value is -0.196. The van der Waals surface area contributed by atoms with E-state index in [4.69, 9.17) is 0 Å². The molecule has 106 valence electrons. The topological polar surface area (TPSA) is 0 Å². The van der Waals surface area contributed by atoms with Crippen molar-refractivity contribution in [2.45, 2.75) is 0 Å². The fourth-order valence-corrected chi connectivity index (χ4v) is 3.06. The molecule has 0 aliphatic rings. The Balaban J connectivity index is 0. The normalized spacial score (nSPS) is 8.76. The molecule has 0 N–H and O–H groups in total. The van der Waals surface area contributed by atoms with E-state index in [0.717, 1.165) is 0 Å². The van der Waals surface area contributed by atoms with Crippen molar-refractivity contribution in [2.24, 2.45) is 0 Å². The molecule has 0 radical (unpaired) electrons. The molecule has 2 aromatic carbocycles. The molecular formula is C16H12Cl3PTi. The first-order valence-corrected chi connectivity index (χ1v) is 6.65. The van der Waals surface area contributed by atoms with Crippen LogP contribution < -0.4 is 37.2 Å². The van der Waals surface area contributed by atoms with Crippen molar-refractivity contribution in [3.8, 4) is 21.7 Å². The van der Waals surface area contributed by atoms with Crippen molar-refractivity contribution in [1.29, 1.82) is 0 Å². The Bertz CT molecular complexity index is 558. The van der Waals surface area contributed by atoms with Crippen LogP contribution in [0.15, 0.2) is 66.7 Å². The van der Waals surface area contributed by atoms with Gasteiger partial charge in [-0.05, 0) is 0 Å². The van der Waals surface area contributed by atoms with Gasteiger partial charge < -0.3 is 37.2 Å². The molecule has 0 amide bonds. The van der Waals surface area contributed by atoms with Crippen LogP contribution in [0.5, 0.6) is 0 Å². The maximum atomic E-state index is 3.39. The molecule has 0 bridgehead atoms. The van der Waals surface area contributed by atoms with E-state index in [1.165, 1.54) is 21.7 Å². The van der Waals surface area contributed by atoms with Crippen LogP contribution in [0.25, 0.3) is 21.7 Å². The van der Waals surface area contributed by atoms with Crippen molar-refractivity contribution in [2.75, 3.05) is 0 Å². The van der Waals surface area contributed by atoms with Crippen LogP contribution in [0.1, 0.15) is 0 Å². The molecule has 0 aliphatic carbocycles. The number of rotatable bonds is 2. The summed E-state index contributed by atoms with van der Waals surface area (Å²) < 4.78 is 0. The largest absolute Gasteiger partial charge is 4.00 e. The van der Waals surface area contributed by atoms with Gasteiger partial charge in [0, 0.05) is 0 Å². The second-order valence-electron chi connectivity index (χ2n) is 3.93. The first-order valence-electron chi connectivity index (χ1n) is 5.65. The summed E-state index contributed by atoms with van der Waals surface area (Å²) in [6, 6.07) is 26.6. The van der Waals surface area contributed by atoms with E-state index in [2.05, 4.69) is 66.7 Å². The van der Waals surface area contributed by atoms with Crippen LogP contribution in [-0.4, -0.2) is 0 Å². The maximum absolute atomic E-state index is 3.39. The Morgan fingerprint density at radius 1 is 0.667 bits per heavy atom. The third kappa shape index (κ3) is 5.83. The molecule has 21 heavy (non-hydrogen) atoms. The molecule has 0 fully saturated rings. The molecule has 1 heterocycles. The van der Waals surface area contributed by atoms with Crippen LogP contribution in [0, 0.1) is 6.07 Å². The van der Waals surface area contributed by atoms with E-state index in [1.807, 2.05) is 6.07 Å². The molecule has 0 saturated heterocycles. The van der Waals surface area contributed by atoms with Crippen LogP contribution in [0.4, 0.5) is 0 Å². The van der Waals surface area contributed by atoms with E-state index < -0.39 is 0 Å². The minimum Gasteiger partial charge on any atom is -1.00 e. The molecule has 1 unspecified atom stereocenters. The SMILES string of the molecule is [Cl-].[Cl-].[Cl-].[Ti+4].[c-]1cc(-c2ccccc2)[pH]c1-c1ccccc1. The summed E-state index contributed by atoms with van der Waals surface area (Å²) in [6.45, 7) is 0. The van der Waals surface area contributed by atoms with Crippen molar-refractivity contribution in [1.82, 2.24) is 0 Å². The van der Waals surface area contributed by atoms with Crippen molar-refractivity contribution in [3.05, 3.63) is 72.8 Å². The van der Waals surface area contributed by atoms with Crippen LogP contribution >= 0.6 is 8.19 Å². The van der Waals surface area contributed by atoms with Crippen molar-refractivity contribution in [3.63, 3.8) is 0 Å². The van der Waals surface area contributed by atoms with Gasteiger partial charge in [-0.25, -0.2) is 8.19 Å². The van der Waals surface area contributed by atoms with Gasteiger partial charge in [0.15, 0.2) is 0 Å². The minimum atomic E-state index is 0. The molecule has 0 saturated carbocycles. The monoisotopic (exact) mass is 388 g/mol. The quantitative estimate of drug-likeness (QED) is 0.309. The summed E-state index contributed by atoms with van der Waals surface area (Å²) in [5.41, 5.74) is 2.59. The van der Waals surface area contributed by atoms with Gasteiger partial charge in [0.1, 0.15) is 0 Å². The molecule has 0 nitrogen and oxygen atoms in total. The molecule has 5 heteroatoms. The van der Waals surface area contributed by atoms with E-state index >= 15 is 0 Å². The molecule has 1 atom stereocenters. The summed E-state index contributed by atoms with van der Waals surface area (Å²) in [5, 5.41) is 2.69. The zero-order valence-corrected chi connectivity index (χ0v) is 15.8. The maximum Gasteiger partial charge on any atom is 4.00 e. The molecular weight excluding hydrogens is 377 g/mol. The van der Waals surface area contributed by atoms with Gasteiger partial charge in [-0.15, -0.1) is 23.0 Å². The van der Waals surface area contributed by atoms with E-state index in [-0.39, 0.29) is 58.9 Å². The van der Waals surface area contributed by atoms with Crippen LogP contribution in [0.2, 0.25) is 0 Å². The minimum absolute atomic E-state index is 0. The average molecular weight is 389 g/mol. The predicted octanol–water partition coefficient (Wildman–Crippen LogP) is -4.14. The van der Waals surface area contributed by atoms with Gasteiger partial charge in [-0.1, -0.05) is 59.4 Å². The number of benzene rings is 2. The van der Waals surface area contributed by atoms with E-state index in [1.54, 1.807) is 0 Å². The van der Waals surface area contributed by atoms with Gasteiger partial charge in [0.05, 0.1) is 0 Å². The molecule has 0 spiro atoms. The summed E-state index contributed by atoms with van der Waals surface area (Å²) in [7, 11) is 0.712. The number of hydrogen-bond acceptors (Lipinski definition) is 0. The van der Waals surface area contributed by atoms with Gasteiger partial charge >= 0.3 is 21.7 Å². The van der Waals surface area contributed by atoms with Gasteiger partial charge in [-0.3, -0.25) is 0 Å². The molecule has 3 aromatic rings. The van der Waals surface area contributed by atoms with Crippen LogP contribution in [-0.2, 0) is 21.7 Å². The summed E-state index contributed by atoms with van der Waals surface area (Å²) in [6.07, 6.45) is 0. The molecule has 1 aromatic heterocycles. The smallest absolute Gasteiger partial charge is 1.00 e. The third-order valence-electron chi connectivity index (χ3n) is 2.77. The fourth-order valence-electron chi connectivity index (χ4n) is 1.88. The zero-order valence-electron chi connectivity index (χ0n) is 11.0. The first kappa shape index (κ1) is 23.1. The molecule has 3 rings (SSSR count). The summed E-state index contributed by atoms with van der Waals surface area (Å²) in [4.78, 5) is 0. The Kier molecular flexibility index (Phi) is 12.5. The summed E-state index contributed by atoms with van der Waals surface area (Å²) >= 11 is 0. The Morgan fingerprint density at radius 2 is 1.14 bits per heavy atom. The number of hydrogen-bond donors (Lipinski definition) is 0. The second kappa shape index (κ2) is 11.4. The van der Waals surface area contributed by atoms with Gasteiger partial charge in [0.2, 0.25) is 0 Å². The zero-order chi connectivity index (χ0) is 11.5. The Morgan fingerprint density at radius 3 is 1.67 bits per heavy atom. The van der Waals surface area contributed by atoms with Crippen molar-refractivity contribution >= 4 is 8.19 Å². The third-order valence-corrected chi connectivity index (χ3v) is 4.15. The fraction of sp³-hybridized carbons (Fsp3) is 0. The molecule has 0 aliphatic heterocycles. The standard InChI is InChI=1S/C16H12P.3ClH.Ti/c1-3-7-13(8-4-1)15-11-12-16(17-15)14-9-5-2-6-10-14;;;;/h1-11,17H;3*1H;/q-1;;;;+4/p-3. The summed E-state index contributed by atoms with van der Waals surface area (Å²) in [5.74, 6) is 0. The second-order valence-corrected chi connectivity index (χ2v) is 5.22. The van der Waals surface area contributed by atoms with E-state index in [9.17, 15) is 0 Å². The Labute approximate surface area is 160 Å². The van der Waals surface area contributed by atoms with Gasteiger partial charge in [-0.2, -0.15) is 12.1 Å². The first-order chi connectivity index (χ1) is 8.43. The average Bonchev–Trinajstić information content (AvgIpc) is 2.90.